The van der Waals surface area contributed by atoms with Crippen molar-refractivity contribution < 1.29 is 39.2 Å². The molecule has 0 radical (unpaired) electrons. The number of carbonyl (C=O) groups is 3. The molecular formula is C17H30O8. The highest BCUT2D eigenvalue weighted by molar-refractivity contribution is 5.80. The topological polar surface area (TPSA) is 130 Å². The average Bonchev–Trinajstić information content (AvgIpc) is 2.56. The standard InChI is InChI=1S/C17H30O8/c1-2-3-4-5-6-7-8-9-16(22)24-11-13(18)12-25-17(23)14(19)10-15(20)21/h13-14,18-19H,2-12H2,1H3,(H,20,21). The van der Waals surface area contributed by atoms with E-state index in [2.05, 4.69) is 11.7 Å². The smallest absolute Gasteiger partial charge is 0.335 e. The molecule has 0 fully saturated rings. The van der Waals surface area contributed by atoms with Gasteiger partial charge in [0.2, 0.25) is 0 Å². The van der Waals surface area contributed by atoms with Crippen LogP contribution in [0.3, 0.4) is 0 Å². The van der Waals surface area contributed by atoms with Gasteiger partial charge >= 0.3 is 17.9 Å². The lowest BCUT2D eigenvalue weighted by molar-refractivity contribution is -0.162. The lowest BCUT2D eigenvalue weighted by Crippen LogP contribution is -2.31. The number of rotatable bonds is 15. The van der Waals surface area contributed by atoms with Crippen molar-refractivity contribution in [1.29, 1.82) is 0 Å². The summed E-state index contributed by atoms with van der Waals surface area (Å²) in [5.74, 6) is -2.91. The molecule has 0 rings (SSSR count). The number of aliphatic hydroxyl groups is 2. The summed E-state index contributed by atoms with van der Waals surface area (Å²) in [6.45, 7) is 1.35. The molecule has 2 unspecified atom stereocenters. The number of unbranched alkanes of at least 4 members (excludes halogenated alkanes) is 6. The van der Waals surface area contributed by atoms with E-state index in [0.717, 1.165) is 19.3 Å². The molecule has 3 N–H and O–H groups in total. The van der Waals surface area contributed by atoms with Gasteiger partial charge in [-0.25, -0.2) is 4.79 Å². The summed E-state index contributed by atoms with van der Waals surface area (Å²) in [6, 6.07) is 0. The minimum Gasteiger partial charge on any atom is -0.481 e. The van der Waals surface area contributed by atoms with Gasteiger partial charge in [0, 0.05) is 6.42 Å². The summed E-state index contributed by atoms with van der Waals surface area (Å²) in [5.41, 5.74) is 0. The van der Waals surface area contributed by atoms with Crippen LogP contribution in [0.15, 0.2) is 0 Å². The number of esters is 2. The maximum Gasteiger partial charge on any atom is 0.335 e. The third-order valence-electron chi connectivity index (χ3n) is 3.48. The van der Waals surface area contributed by atoms with Gasteiger partial charge in [0.15, 0.2) is 6.10 Å². The van der Waals surface area contributed by atoms with Gasteiger partial charge in [-0.3, -0.25) is 9.59 Å². The van der Waals surface area contributed by atoms with E-state index in [1.165, 1.54) is 25.7 Å². The molecule has 0 aromatic heterocycles. The minimum absolute atomic E-state index is 0.275. The Labute approximate surface area is 148 Å². The molecule has 8 heteroatoms. The Hall–Kier alpha value is -1.67. The molecule has 0 saturated carbocycles. The number of aliphatic hydroxyl groups excluding tert-OH is 2. The number of carboxylic acid groups (broad SMARTS) is 1. The molecule has 0 bridgehead atoms. The fourth-order valence-corrected chi connectivity index (χ4v) is 2.06. The van der Waals surface area contributed by atoms with Crippen LogP contribution in [-0.2, 0) is 23.9 Å². The van der Waals surface area contributed by atoms with Crippen LogP contribution >= 0.6 is 0 Å². The molecule has 25 heavy (non-hydrogen) atoms. The first-order valence-electron chi connectivity index (χ1n) is 8.77. The third-order valence-corrected chi connectivity index (χ3v) is 3.48. The Balaban J connectivity index is 3.66. The largest absolute Gasteiger partial charge is 0.481 e. The lowest BCUT2D eigenvalue weighted by atomic mass is 10.1. The normalized spacial score (nSPS) is 13.1. The molecule has 0 aliphatic carbocycles. The van der Waals surface area contributed by atoms with Crippen LogP contribution in [0.1, 0.15) is 64.7 Å². The molecule has 0 spiro atoms. The van der Waals surface area contributed by atoms with Gasteiger partial charge in [0.1, 0.15) is 19.3 Å². The SMILES string of the molecule is CCCCCCCCCC(=O)OCC(O)COC(=O)C(O)CC(=O)O. The predicted octanol–water partition coefficient (Wildman–Crippen LogP) is 1.41. The molecular weight excluding hydrogens is 332 g/mol. The van der Waals surface area contributed by atoms with E-state index in [1.807, 2.05) is 0 Å². The van der Waals surface area contributed by atoms with E-state index in [0.29, 0.717) is 0 Å². The van der Waals surface area contributed by atoms with E-state index >= 15 is 0 Å². The maximum atomic E-state index is 11.5. The van der Waals surface area contributed by atoms with E-state index in [1.54, 1.807) is 0 Å². The summed E-state index contributed by atoms with van der Waals surface area (Å²) in [4.78, 5) is 33.1. The van der Waals surface area contributed by atoms with E-state index in [-0.39, 0.29) is 13.0 Å². The molecule has 0 amide bonds. The van der Waals surface area contributed by atoms with Crippen molar-refractivity contribution in [1.82, 2.24) is 0 Å². The Bertz CT molecular complexity index is 396. The number of ether oxygens (including phenoxy) is 2. The van der Waals surface area contributed by atoms with E-state index < -0.39 is 43.1 Å². The van der Waals surface area contributed by atoms with Gasteiger partial charge < -0.3 is 24.8 Å². The molecule has 0 aromatic carbocycles. The third kappa shape index (κ3) is 14.4. The minimum atomic E-state index is -1.79. The number of carbonyl (C=O) groups excluding carboxylic acids is 2. The van der Waals surface area contributed by atoms with Crippen LogP contribution < -0.4 is 0 Å². The highest BCUT2D eigenvalue weighted by Crippen LogP contribution is 2.09. The summed E-state index contributed by atoms with van der Waals surface area (Å²) < 4.78 is 9.42. The summed E-state index contributed by atoms with van der Waals surface area (Å²) in [7, 11) is 0. The molecule has 8 nitrogen and oxygen atoms in total. The van der Waals surface area contributed by atoms with Gasteiger partial charge in [0.05, 0.1) is 6.42 Å². The fraction of sp³-hybridized carbons (Fsp3) is 0.824. The highest BCUT2D eigenvalue weighted by atomic mass is 16.6. The molecule has 0 aromatic rings. The fourth-order valence-electron chi connectivity index (χ4n) is 2.06. The second-order valence-corrected chi connectivity index (χ2v) is 5.95. The summed E-state index contributed by atoms with van der Waals surface area (Å²) in [6.07, 6.45) is 4.08. The zero-order valence-electron chi connectivity index (χ0n) is 14.8. The van der Waals surface area contributed by atoms with Gasteiger partial charge in [-0.05, 0) is 6.42 Å². The Morgan fingerprint density at radius 1 is 0.880 bits per heavy atom. The first-order chi connectivity index (χ1) is 11.9. The molecule has 0 aliphatic heterocycles. The number of hydrogen-bond acceptors (Lipinski definition) is 7. The van der Waals surface area contributed by atoms with Crippen molar-refractivity contribution >= 4 is 17.9 Å². The molecule has 146 valence electrons. The molecule has 0 saturated heterocycles. The average molecular weight is 362 g/mol. The number of carboxylic acids is 1. The molecule has 0 aliphatic rings. The van der Waals surface area contributed by atoms with Crippen molar-refractivity contribution in [3.8, 4) is 0 Å². The second-order valence-electron chi connectivity index (χ2n) is 5.95. The molecule has 0 heterocycles. The van der Waals surface area contributed by atoms with Crippen LogP contribution in [0.25, 0.3) is 0 Å². The monoisotopic (exact) mass is 362 g/mol. The van der Waals surface area contributed by atoms with Crippen molar-refractivity contribution in [3.63, 3.8) is 0 Å². The van der Waals surface area contributed by atoms with Crippen molar-refractivity contribution in [2.75, 3.05) is 13.2 Å². The van der Waals surface area contributed by atoms with Crippen molar-refractivity contribution in [2.45, 2.75) is 76.9 Å². The second kappa shape index (κ2) is 14.7. The Kier molecular flexibility index (Phi) is 13.7. The van der Waals surface area contributed by atoms with Crippen LogP contribution in [0.5, 0.6) is 0 Å². The maximum absolute atomic E-state index is 11.5. The van der Waals surface area contributed by atoms with Gasteiger partial charge in [-0.2, -0.15) is 0 Å². The Morgan fingerprint density at radius 2 is 1.44 bits per heavy atom. The van der Waals surface area contributed by atoms with Crippen molar-refractivity contribution in [2.24, 2.45) is 0 Å². The summed E-state index contributed by atoms with van der Waals surface area (Å²) in [5, 5.41) is 27.2. The predicted molar refractivity (Wildman–Crippen MR) is 88.8 cm³/mol. The Morgan fingerprint density at radius 3 is 2.04 bits per heavy atom. The van der Waals surface area contributed by atoms with Crippen LogP contribution in [0.2, 0.25) is 0 Å². The quantitative estimate of drug-likeness (QED) is 0.294. The van der Waals surface area contributed by atoms with Crippen LogP contribution in [-0.4, -0.2) is 58.6 Å². The zero-order valence-corrected chi connectivity index (χ0v) is 14.8. The van der Waals surface area contributed by atoms with Crippen molar-refractivity contribution in [3.05, 3.63) is 0 Å². The van der Waals surface area contributed by atoms with E-state index in [9.17, 15) is 24.6 Å². The van der Waals surface area contributed by atoms with Crippen LogP contribution in [0.4, 0.5) is 0 Å². The van der Waals surface area contributed by atoms with Gasteiger partial charge in [-0.1, -0.05) is 45.4 Å². The van der Waals surface area contributed by atoms with Gasteiger partial charge in [-0.15, -0.1) is 0 Å². The van der Waals surface area contributed by atoms with Crippen LogP contribution in [0, 0.1) is 0 Å². The summed E-state index contributed by atoms with van der Waals surface area (Å²) >= 11 is 0. The lowest BCUT2D eigenvalue weighted by Gasteiger charge is -2.13. The zero-order chi connectivity index (χ0) is 19.1. The first kappa shape index (κ1) is 23.3. The molecule has 2 atom stereocenters. The van der Waals surface area contributed by atoms with Gasteiger partial charge in [0.25, 0.3) is 0 Å². The number of aliphatic carboxylic acids is 1. The highest BCUT2D eigenvalue weighted by Gasteiger charge is 2.21. The first-order valence-corrected chi connectivity index (χ1v) is 8.77. The van der Waals surface area contributed by atoms with E-state index in [4.69, 9.17) is 9.84 Å². The number of hydrogen-bond donors (Lipinski definition) is 3.